The number of hydrogen-bond acceptors (Lipinski definition) is 2. The second-order valence-electron chi connectivity index (χ2n) is 6.81. The molecular weight excluding hydrogens is 264 g/mol. The molecule has 2 aliphatic carbocycles. The summed E-state index contributed by atoms with van der Waals surface area (Å²) in [6.07, 6.45) is 12.1. The van der Waals surface area contributed by atoms with Crippen molar-refractivity contribution in [2.24, 2.45) is 5.92 Å². The molecule has 2 unspecified atom stereocenters. The predicted octanol–water partition coefficient (Wildman–Crippen LogP) is 2.39. The second kappa shape index (κ2) is 5.82. The highest BCUT2D eigenvalue weighted by Gasteiger charge is 2.51. The molecule has 1 saturated carbocycles. The minimum absolute atomic E-state index is 0.0605. The summed E-state index contributed by atoms with van der Waals surface area (Å²) in [5.41, 5.74) is -0.576. The number of piperazine rings is 1. The molecule has 116 valence electrons. The zero-order valence-electron chi connectivity index (χ0n) is 12.9. The number of amides is 2. The highest BCUT2D eigenvalue weighted by atomic mass is 16.2. The van der Waals surface area contributed by atoms with Gasteiger partial charge in [0.2, 0.25) is 11.8 Å². The summed E-state index contributed by atoms with van der Waals surface area (Å²) in [5.74, 6) is 0.753. The summed E-state index contributed by atoms with van der Waals surface area (Å²) in [4.78, 5) is 27.4. The van der Waals surface area contributed by atoms with Gasteiger partial charge in [0.05, 0.1) is 0 Å². The van der Waals surface area contributed by atoms with E-state index in [0.29, 0.717) is 12.3 Å². The first-order valence-electron chi connectivity index (χ1n) is 8.44. The lowest BCUT2D eigenvalue weighted by Crippen LogP contribution is -2.69. The minimum Gasteiger partial charge on any atom is -0.340 e. The maximum Gasteiger partial charge on any atom is 0.249 e. The van der Waals surface area contributed by atoms with Crippen molar-refractivity contribution in [2.75, 3.05) is 6.54 Å². The Hall–Kier alpha value is -1.32. The van der Waals surface area contributed by atoms with Crippen molar-refractivity contribution in [1.29, 1.82) is 0 Å². The molecule has 2 atom stereocenters. The average molecular weight is 290 g/mol. The topological polar surface area (TPSA) is 49.4 Å². The Balaban J connectivity index is 1.80. The molecule has 1 N–H and O–H groups in total. The zero-order chi connectivity index (χ0) is 14.9. The smallest absolute Gasteiger partial charge is 0.249 e. The van der Waals surface area contributed by atoms with Gasteiger partial charge in [0.25, 0.3) is 0 Å². The van der Waals surface area contributed by atoms with E-state index in [1.54, 1.807) is 0 Å². The number of hydrogen-bond donors (Lipinski definition) is 1. The van der Waals surface area contributed by atoms with Crippen LogP contribution in [0.15, 0.2) is 12.2 Å². The van der Waals surface area contributed by atoms with Crippen LogP contribution in [0.2, 0.25) is 0 Å². The molecule has 1 aliphatic heterocycles. The van der Waals surface area contributed by atoms with Crippen molar-refractivity contribution in [1.82, 2.24) is 10.2 Å². The summed E-state index contributed by atoms with van der Waals surface area (Å²) in [6, 6.07) is -0.269. The Labute approximate surface area is 127 Å². The van der Waals surface area contributed by atoms with Crippen LogP contribution in [0.1, 0.15) is 58.3 Å². The summed E-state index contributed by atoms with van der Waals surface area (Å²) in [5, 5.41) is 3.07. The summed E-state index contributed by atoms with van der Waals surface area (Å²) >= 11 is 0. The van der Waals surface area contributed by atoms with Crippen LogP contribution < -0.4 is 5.32 Å². The van der Waals surface area contributed by atoms with Crippen molar-refractivity contribution >= 4 is 11.8 Å². The van der Waals surface area contributed by atoms with Crippen LogP contribution in [0.4, 0.5) is 0 Å². The molecule has 0 bridgehead atoms. The highest BCUT2D eigenvalue weighted by Crippen LogP contribution is 2.36. The van der Waals surface area contributed by atoms with Crippen molar-refractivity contribution < 1.29 is 9.59 Å². The van der Waals surface area contributed by atoms with E-state index < -0.39 is 5.54 Å². The summed E-state index contributed by atoms with van der Waals surface area (Å²) in [7, 11) is 0. The van der Waals surface area contributed by atoms with Gasteiger partial charge in [0.15, 0.2) is 0 Å². The highest BCUT2D eigenvalue weighted by molar-refractivity contribution is 6.00. The van der Waals surface area contributed by atoms with Gasteiger partial charge in [-0.1, -0.05) is 31.9 Å². The first-order chi connectivity index (χ1) is 10.2. The fraction of sp³-hybridized carbons (Fsp3) is 0.765. The van der Waals surface area contributed by atoms with Crippen LogP contribution in [0.3, 0.4) is 0 Å². The van der Waals surface area contributed by atoms with Crippen LogP contribution in [0.25, 0.3) is 0 Å². The van der Waals surface area contributed by atoms with Crippen molar-refractivity contribution in [3.05, 3.63) is 12.2 Å². The zero-order valence-corrected chi connectivity index (χ0v) is 12.9. The standard InChI is InChI=1S/C17H26N2O2/c1-2-14-15(20)18-17(10-6-7-11-17)16(21)19(14)12-13-8-4-3-5-9-13/h3-4,13-14H,2,5-12H2,1H3,(H,18,20). The molecule has 1 saturated heterocycles. The van der Waals surface area contributed by atoms with Gasteiger partial charge in [0, 0.05) is 6.54 Å². The molecule has 0 aromatic rings. The van der Waals surface area contributed by atoms with Crippen molar-refractivity contribution in [3.63, 3.8) is 0 Å². The molecule has 4 heteroatoms. The molecule has 3 aliphatic rings. The third-order valence-electron chi connectivity index (χ3n) is 5.39. The number of carbonyl (C=O) groups excluding carboxylic acids is 2. The molecule has 0 aromatic heterocycles. The SMILES string of the molecule is CCC1C(=O)NC2(CCCC2)C(=O)N1CC1CC=CCC1. The first kappa shape index (κ1) is 14.6. The van der Waals surface area contributed by atoms with Gasteiger partial charge in [-0.25, -0.2) is 0 Å². The van der Waals surface area contributed by atoms with Gasteiger partial charge in [-0.2, -0.15) is 0 Å². The quantitative estimate of drug-likeness (QED) is 0.811. The molecule has 0 radical (unpaired) electrons. The maximum absolute atomic E-state index is 13.0. The number of nitrogens with zero attached hydrogens (tertiary/aromatic N) is 1. The minimum atomic E-state index is -0.576. The molecule has 3 rings (SSSR count). The van der Waals surface area contributed by atoms with E-state index in [1.807, 2.05) is 11.8 Å². The largest absolute Gasteiger partial charge is 0.340 e. The molecule has 1 spiro atoms. The third kappa shape index (κ3) is 2.60. The molecule has 2 fully saturated rings. The Morgan fingerprint density at radius 2 is 2.05 bits per heavy atom. The van der Waals surface area contributed by atoms with Crippen LogP contribution in [-0.4, -0.2) is 34.8 Å². The number of allylic oxidation sites excluding steroid dienone is 2. The molecule has 4 nitrogen and oxygen atoms in total. The first-order valence-corrected chi connectivity index (χ1v) is 8.44. The van der Waals surface area contributed by atoms with E-state index in [-0.39, 0.29) is 17.9 Å². The van der Waals surface area contributed by atoms with E-state index in [0.717, 1.165) is 51.5 Å². The lowest BCUT2D eigenvalue weighted by Gasteiger charge is -2.45. The third-order valence-corrected chi connectivity index (χ3v) is 5.39. The van der Waals surface area contributed by atoms with Gasteiger partial charge in [-0.15, -0.1) is 0 Å². The lowest BCUT2D eigenvalue weighted by molar-refractivity contribution is -0.155. The number of nitrogens with one attached hydrogen (secondary N) is 1. The van der Waals surface area contributed by atoms with Gasteiger partial charge < -0.3 is 10.2 Å². The predicted molar refractivity (Wildman–Crippen MR) is 81.6 cm³/mol. The molecule has 1 heterocycles. The molecular formula is C17H26N2O2. The Kier molecular flexibility index (Phi) is 4.05. The normalized spacial score (nSPS) is 31.8. The number of carbonyl (C=O) groups is 2. The summed E-state index contributed by atoms with van der Waals surface area (Å²) in [6.45, 7) is 2.74. The van der Waals surface area contributed by atoms with Gasteiger partial charge in [-0.05, 0) is 44.4 Å². The Morgan fingerprint density at radius 3 is 2.67 bits per heavy atom. The van der Waals surface area contributed by atoms with Crippen LogP contribution in [0, 0.1) is 5.92 Å². The number of rotatable bonds is 3. The van der Waals surface area contributed by atoms with Gasteiger partial charge >= 0.3 is 0 Å². The van der Waals surface area contributed by atoms with E-state index in [2.05, 4.69) is 17.5 Å². The van der Waals surface area contributed by atoms with Crippen molar-refractivity contribution in [2.45, 2.75) is 69.9 Å². The summed E-state index contributed by atoms with van der Waals surface area (Å²) < 4.78 is 0. The fourth-order valence-corrected chi connectivity index (χ4v) is 4.16. The van der Waals surface area contributed by atoms with Crippen LogP contribution in [-0.2, 0) is 9.59 Å². The van der Waals surface area contributed by atoms with Crippen LogP contribution in [0.5, 0.6) is 0 Å². The molecule has 2 amide bonds. The average Bonchev–Trinajstić information content (AvgIpc) is 2.95. The van der Waals surface area contributed by atoms with Crippen molar-refractivity contribution in [3.8, 4) is 0 Å². The van der Waals surface area contributed by atoms with E-state index in [1.165, 1.54) is 0 Å². The molecule has 0 aromatic carbocycles. The Morgan fingerprint density at radius 1 is 1.29 bits per heavy atom. The lowest BCUT2D eigenvalue weighted by atomic mass is 9.87. The maximum atomic E-state index is 13.0. The fourth-order valence-electron chi connectivity index (χ4n) is 4.16. The van der Waals surface area contributed by atoms with Gasteiger partial charge in [0.1, 0.15) is 11.6 Å². The molecule has 21 heavy (non-hydrogen) atoms. The van der Waals surface area contributed by atoms with Gasteiger partial charge in [-0.3, -0.25) is 9.59 Å². The van der Waals surface area contributed by atoms with E-state index in [4.69, 9.17) is 0 Å². The monoisotopic (exact) mass is 290 g/mol. The van der Waals surface area contributed by atoms with E-state index >= 15 is 0 Å². The van der Waals surface area contributed by atoms with E-state index in [9.17, 15) is 9.59 Å². The van der Waals surface area contributed by atoms with Crippen LogP contribution >= 0.6 is 0 Å². The Bertz CT molecular complexity index is 452. The second-order valence-corrected chi connectivity index (χ2v) is 6.81.